The van der Waals surface area contributed by atoms with Gasteiger partial charge in [-0.05, 0) is 128 Å². The average Bonchev–Trinajstić information content (AvgIpc) is 4.24. The van der Waals surface area contributed by atoms with E-state index in [1.807, 2.05) is 18.2 Å². The van der Waals surface area contributed by atoms with E-state index in [1.54, 1.807) is 48.5 Å². The lowest BCUT2D eigenvalue weighted by atomic mass is 9.87. The Bertz CT molecular complexity index is 2960. The maximum absolute atomic E-state index is 12.9. The summed E-state index contributed by atoms with van der Waals surface area (Å²) in [5.41, 5.74) is 4.40. The second kappa shape index (κ2) is 27.7. The number of aliphatic hydroxyl groups is 4. The van der Waals surface area contributed by atoms with Crippen LogP contribution < -0.4 is 4.74 Å². The highest BCUT2D eigenvalue weighted by molar-refractivity contribution is 6.31. The van der Waals surface area contributed by atoms with E-state index < -0.39 is 91.5 Å². The molecule has 81 heavy (non-hydrogen) atoms. The first-order valence-corrected chi connectivity index (χ1v) is 27.6. The number of halogens is 2. The van der Waals surface area contributed by atoms with Crippen LogP contribution in [0.5, 0.6) is 11.5 Å². The minimum Gasteiger partial charge on any atom is -0.507 e. The molecule has 5 aliphatic rings. The van der Waals surface area contributed by atoms with Crippen LogP contribution in [0.1, 0.15) is 159 Å². The van der Waals surface area contributed by atoms with Gasteiger partial charge in [0.25, 0.3) is 0 Å². The van der Waals surface area contributed by atoms with E-state index in [9.17, 15) is 59.1 Å². The minimum absolute atomic E-state index is 0.103. The van der Waals surface area contributed by atoms with Crippen LogP contribution in [0.3, 0.4) is 0 Å². The maximum Gasteiger partial charge on any atom is 0.303 e. The number of carbonyl (C=O) groups excluding carboxylic acids is 7. The number of esters is 4. The molecule has 0 radical (unpaired) electrons. The number of aromatic hydroxyl groups is 1. The van der Waals surface area contributed by atoms with Crippen molar-refractivity contribution < 1.29 is 92.3 Å². The number of rotatable bonds is 13. The molecule has 2 saturated carbocycles. The van der Waals surface area contributed by atoms with Gasteiger partial charge >= 0.3 is 23.9 Å². The molecule has 21 heteroatoms. The number of hydrogen-bond donors (Lipinski definition) is 5. The number of phenols is 1. The molecule has 0 unspecified atom stereocenters. The van der Waals surface area contributed by atoms with E-state index in [0.717, 1.165) is 76.3 Å². The fourth-order valence-electron chi connectivity index (χ4n) is 10.8. The van der Waals surface area contributed by atoms with E-state index in [2.05, 4.69) is 0 Å². The van der Waals surface area contributed by atoms with Gasteiger partial charge in [-0.2, -0.15) is 0 Å². The normalized spacial score (nSPS) is 25.4. The highest BCUT2D eigenvalue weighted by Crippen LogP contribution is 2.44. The zero-order valence-corrected chi connectivity index (χ0v) is 47.1. The number of phenolic OH excluding ortho intramolecular Hbond substituents is 1. The Kier molecular flexibility index (Phi) is 21.3. The third-order valence-corrected chi connectivity index (χ3v) is 15.5. The van der Waals surface area contributed by atoms with E-state index in [4.69, 9.17) is 56.4 Å². The average molecular weight is 1160 g/mol. The predicted octanol–water partition coefficient (Wildman–Crippen LogP) is 7.49. The molecule has 4 aromatic rings. The van der Waals surface area contributed by atoms with Gasteiger partial charge in [0.2, 0.25) is 0 Å². The van der Waals surface area contributed by atoms with Crippen LogP contribution >= 0.6 is 23.2 Å². The Hall–Kier alpha value is -6.29. The summed E-state index contributed by atoms with van der Waals surface area (Å²) in [6.45, 7) is 5.15. The molecule has 2 saturated heterocycles. The van der Waals surface area contributed by atoms with Crippen molar-refractivity contribution in [3.05, 3.63) is 127 Å². The van der Waals surface area contributed by atoms with Crippen LogP contribution in [0, 0.1) is 0 Å². The lowest BCUT2D eigenvalue weighted by molar-refractivity contribution is -0.254. The fourth-order valence-corrected chi connectivity index (χ4v) is 11.2. The Balaban J connectivity index is 0.000000214. The number of ether oxygens (including phenoxy) is 7. The van der Waals surface area contributed by atoms with Crippen molar-refractivity contribution in [2.24, 2.45) is 0 Å². The van der Waals surface area contributed by atoms with Gasteiger partial charge in [0.05, 0.1) is 24.2 Å². The van der Waals surface area contributed by atoms with Gasteiger partial charge in [-0.1, -0.05) is 59.6 Å². The topological polar surface area (TPSA) is 285 Å². The molecule has 3 heterocycles. The molecule has 0 bridgehead atoms. The summed E-state index contributed by atoms with van der Waals surface area (Å²) >= 11 is 13.0. The molecule has 4 aromatic carbocycles. The van der Waals surface area contributed by atoms with Crippen molar-refractivity contribution in [2.75, 3.05) is 13.2 Å². The summed E-state index contributed by atoms with van der Waals surface area (Å²) in [5.74, 6) is -2.04. The lowest BCUT2D eigenvalue weighted by Gasteiger charge is -2.44. The number of carbonyl (C=O) groups is 7. The molecule has 10 atom stereocenters. The number of ketones is 3. The molecule has 3 aliphatic heterocycles. The fraction of sp³-hybridized carbons (Fsp3) is 0.483. The molecule has 9 rings (SSSR count). The summed E-state index contributed by atoms with van der Waals surface area (Å²) in [7, 11) is 0. The highest BCUT2D eigenvalue weighted by Gasteiger charge is 2.53. The number of hydrogen-bond acceptors (Lipinski definition) is 19. The van der Waals surface area contributed by atoms with Gasteiger partial charge in [-0.15, -0.1) is 0 Å². The molecular weight excluding hydrogens is 1100 g/mol. The van der Waals surface area contributed by atoms with Gasteiger partial charge in [-0.25, -0.2) is 0 Å². The number of fused-ring (bicyclic) bond motifs is 1. The van der Waals surface area contributed by atoms with Crippen LogP contribution in [-0.2, 0) is 65.2 Å². The van der Waals surface area contributed by atoms with Gasteiger partial charge < -0.3 is 58.7 Å². The second-order valence-corrected chi connectivity index (χ2v) is 21.8. The zero-order chi connectivity index (χ0) is 58.9. The van der Waals surface area contributed by atoms with E-state index in [0.29, 0.717) is 62.2 Å². The molecule has 436 valence electrons. The maximum atomic E-state index is 12.9. The number of aliphatic hydroxyl groups excluding tert-OH is 4. The summed E-state index contributed by atoms with van der Waals surface area (Å²) in [6, 6.07) is 20.4. The van der Waals surface area contributed by atoms with Crippen LogP contribution in [0.2, 0.25) is 10.0 Å². The van der Waals surface area contributed by atoms with Gasteiger partial charge in [0.1, 0.15) is 72.2 Å². The zero-order valence-electron chi connectivity index (χ0n) is 45.6. The van der Waals surface area contributed by atoms with Crippen molar-refractivity contribution in [1.29, 1.82) is 0 Å². The number of Topliss-reactive ketones (excluding diaryl/α,β-unsaturated/α-hetero) is 3. The molecule has 5 N–H and O–H groups in total. The molecule has 2 aliphatic carbocycles. The van der Waals surface area contributed by atoms with Gasteiger partial charge in [0, 0.05) is 50.6 Å². The van der Waals surface area contributed by atoms with Crippen LogP contribution in [-0.4, -0.2) is 134 Å². The summed E-state index contributed by atoms with van der Waals surface area (Å²) in [5, 5.41) is 51.0. The first-order chi connectivity index (χ1) is 38.5. The largest absolute Gasteiger partial charge is 0.507 e. The Morgan fingerprint density at radius 1 is 0.617 bits per heavy atom. The molecular formula is C60H68Cl2O19. The monoisotopic (exact) mass is 1160 g/mol. The summed E-state index contributed by atoms with van der Waals surface area (Å²) in [4.78, 5) is 82.9. The van der Waals surface area contributed by atoms with Crippen molar-refractivity contribution >= 4 is 64.4 Å². The van der Waals surface area contributed by atoms with Crippen LogP contribution in [0.15, 0.2) is 72.8 Å². The Labute approximate surface area is 478 Å². The first-order valence-electron chi connectivity index (χ1n) is 26.8. The smallest absolute Gasteiger partial charge is 0.303 e. The summed E-state index contributed by atoms with van der Waals surface area (Å²) < 4.78 is 39.8. The van der Waals surface area contributed by atoms with Gasteiger partial charge in [-0.3, -0.25) is 33.6 Å². The van der Waals surface area contributed by atoms with E-state index in [1.165, 1.54) is 26.8 Å². The van der Waals surface area contributed by atoms with Crippen molar-refractivity contribution in [1.82, 2.24) is 0 Å². The molecule has 19 nitrogen and oxygen atoms in total. The highest BCUT2D eigenvalue weighted by atomic mass is 35.5. The minimum atomic E-state index is -1.45. The van der Waals surface area contributed by atoms with Crippen molar-refractivity contribution in [2.45, 2.75) is 172 Å². The Morgan fingerprint density at radius 3 is 1.70 bits per heavy atom. The Morgan fingerprint density at radius 2 is 1.16 bits per heavy atom. The molecule has 0 amide bonds. The van der Waals surface area contributed by atoms with Crippen LogP contribution in [0.4, 0.5) is 0 Å². The van der Waals surface area contributed by atoms with E-state index in [-0.39, 0.29) is 41.5 Å². The quantitative estimate of drug-likeness (QED) is 0.0492. The van der Waals surface area contributed by atoms with Crippen molar-refractivity contribution in [3.8, 4) is 11.5 Å². The molecule has 4 fully saturated rings. The predicted molar refractivity (Wildman–Crippen MR) is 291 cm³/mol. The molecule has 0 aromatic heterocycles. The number of benzene rings is 4. The van der Waals surface area contributed by atoms with Gasteiger partial charge in [0.15, 0.2) is 29.9 Å². The lowest BCUT2D eigenvalue weighted by Crippen LogP contribution is -2.59. The standard InChI is InChI=1S/C29H31ClO11.C26H29ClO7.C5H8O/c1-14(31)22-11-19(6-9-24(22)36)10-21-12-20(7-8-23(21)30)26-28(39-17(4)34)29(40-18(5)35)27(38-16(3)33)25(41-26)13-37-15(2)32;27-18-5-4-15(25-24(32)23(31)22(30)21(13-28)33-25)11-16(18)9-14-3-6-20-17(10-14)19(29)12-26(34-20)7-1-2-8-26;6-5-3-1-2-4-5/h6-9,11-12,25-29,36H,10,13H2,1-5H3;3-6,10-11,21-25,28,30-32H,1-2,7-9,12-13H2;1-4H2/t25-,26+,27-,28+,29+;21-,22-,23+,24-,25+;/m11./s1. The van der Waals surface area contributed by atoms with Crippen LogP contribution in [0.25, 0.3) is 0 Å². The van der Waals surface area contributed by atoms with E-state index >= 15 is 0 Å². The third kappa shape index (κ3) is 15.8. The second-order valence-electron chi connectivity index (χ2n) is 21.0. The SMILES string of the molecule is CC(=O)OC[C@H]1O[C@@H](c2ccc(Cl)c(Cc3ccc(O)c(C(C)=O)c3)c2)[C@H](OC(C)=O)[C@@H](OC(C)=O)[C@@H]1OC(C)=O.O=C1CC2(CCCC2)Oc2ccc(Cc3cc([C@@H]4O[C@H](CO)[C@@H](O)[C@H](O)[C@H]4O)ccc3Cl)cc21.O=C1CCCC1. The van der Waals surface area contributed by atoms with Crippen molar-refractivity contribution in [3.63, 3.8) is 0 Å². The molecule has 1 spiro atoms. The first kappa shape index (κ1) is 62.3. The summed E-state index contributed by atoms with van der Waals surface area (Å²) in [6.07, 6.45) is -3.08. The third-order valence-electron chi connectivity index (χ3n) is 14.7.